The molecule has 17 nitrogen and oxygen atoms in total. The number of aromatic nitrogens is 2. The predicted octanol–water partition coefficient (Wildman–Crippen LogP) is 5.81. The predicted molar refractivity (Wildman–Crippen MR) is 281 cm³/mol. The fourth-order valence-corrected chi connectivity index (χ4v) is 9.23. The molecular weight excluding hydrogens is 897 g/mol. The van der Waals surface area contributed by atoms with Gasteiger partial charge < -0.3 is 52.6 Å². The molecule has 386 valence electrons. The van der Waals surface area contributed by atoms with Crippen molar-refractivity contribution in [2.45, 2.75) is 76.9 Å². The Morgan fingerprint density at radius 1 is 0.662 bits per heavy atom. The summed E-state index contributed by atoms with van der Waals surface area (Å²) in [5.41, 5.74) is 26.6. The van der Waals surface area contributed by atoms with Gasteiger partial charge in [-0.3, -0.25) is 24.5 Å². The number of hydrogen-bond donors (Lipinski definition) is 5. The molecule has 3 fully saturated rings. The van der Waals surface area contributed by atoms with E-state index in [1.807, 2.05) is 52.5 Å². The smallest absolute Gasteiger partial charge is 0.414 e. The van der Waals surface area contributed by atoms with Crippen molar-refractivity contribution in [3.8, 4) is 0 Å². The molecule has 6 heterocycles. The number of carbonyl (C=O) groups excluding carboxylic acids is 4. The summed E-state index contributed by atoms with van der Waals surface area (Å²) in [6.45, 7) is 9.76. The molecule has 2 aromatic heterocycles. The summed E-state index contributed by atoms with van der Waals surface area (Å²) in [4.78, 5) is 65.5. The molecule has 0 aliphatic carbocycles. The third-order valence-electron chi connectivity index (χ3n) is 13.6. The lowest BCUT2D eigenvalue weighted by Gasteiger charge is -2.33. The van der Waals surface area contributed by atoms with Crippen LogP contribution >= 0.6 is 0 Å². The average Bonchev–Trinajstić information content (AvgIpc) is 3.54. The first kappa shape index (κ1) is 55.9. The number of pyridine rings is 2. The van der Waals surface area contributed by atoms with Gasteiger partial charge in [-0.2, -0.15) is 0 Å². The van der Waals surface area contributed by atoms with Crippen molar-refractivity contribution < 1.29 is 23.9 Å². The molecule has 9 N–H and O–H groups in total. The fourth-order valence-electron chi connectivity index (χ4n) is 9.23. The summed E-state index contributed by atoms with van der Waals surface area (Å²) in [6, 6.07) is 23.5. The topological polar surface area (TPSA) is 236 Å². The van der Waals surface area contributed by atoms with Gasteiger partial charge in [-0.05, 0) is 162 Å². The van der Waals surface area contributed by atoms with Gasteiger partial charge in [0.25, 0.3) is 5.91 Å². The highest BCUT2D eigenvalue weighted by atomic mass is 16.6. The molecule has 71 heavy (non-hydrogen) atoms. The molecule has 17 heteroatoms. The van der Waals surface area contributed by atoms with Gasteiger partial charge in [0, 0.05) is 77.2 Å². The molecular formula is C54H80N12O5. The minimum atomic E-state index is -0.813. The van der Waals surface area contributed by atoms with E-state index in [4.69, 9.17) is 27.7 Å². The van der Waals surface area contributed by atoms with E-state index in [2.05, 4.69) is 32.3 Å². The maximum absolute atomic E-state index is 12.4. The van der Waals surface area contributed by atoms with Crippen molar-refractivity contribution in [2.24, 2.45) is 40.7 Å². The minimum Gasteiger partial charge on any atom is -0.444 e. The third-order valence-corrected chi connectivity index (χ3v) is 13.6. The van der Waals surface area contributed by atoms with Gasteiger partial charge in [0.1, 0.15) is 12.6 Å². The summed E-state index contributed by atoms with van der Waals surface area (Å²) >= 11 is 0. The number of nitrogens with one attached hydrogen (secondary N) is 1. The van der Waals surface area contributed by atoms with Crippen molar-refractivity contribution in [1.29, 1.82) is 0 Å². The Hall–Kier alpha value is -5.98. The number of likely N-dealkylation sites (tertiary alicyclic amines) is 3. The molecule has 0 bridgehead atoms. The first-order valence-electron chi connectivity index (χ1n) is 25.5. The van der Waals surface area contributed by atoms with Crippen LogP contribution in [0.15, 0.2) is 104 Å². The Bertz CT molecular complexity index is 2150. The molecule has 5 amide bonds. The van der Waals surface area contributed by atoms with Crippen LogP contribution in [0.3, 0.4) is 0 Å². The quantitative estimate of drug-likeness (QED) is 0.113. The number of hydrogen-bond acceptors (Lipinski definition) is 12. The Balaban J connectivity index is 0.000000179. The van der Waals surface area contributed by atoms with Crippen molar-refractivity contribution >= 4 is 35.3 Å². The van der Waals surface area contributed by atoms with Crippen LogP contribution in [-0.4, -0.2) is 146 Å². The Kier molecular flexibility index (Phi) is 24.2. The number of benzene rings is 2. The van der Waals surface area contributed by atoms with Crippen molar-refractivity contribution in [2.75, 3.05) is 96.3 Å². The summed E-state index contributed by atoms with van der Waals surface area (Å²) in [7, 11) is 3.60. The Morgan fingerprint density at radius 2 is 1.17 bits per heavy atom. The molecule has 4 aromatic rings. The summed E-state index contributed by atoms with van der Waals surface area (Å²) in [6.07, 6.45) is 18.1. The normalized spacial score (nSPS) is 17.6. The maximum Gasteiger partial charge on any atom is 0.414 e. The molecule has 1 atom stereocenters. The van der Waals surface area contributed by atoms with Crippen LogP contribution in [0.2, 0.25) is 0 Å². The van der Waals surface area contributed by atoms with Gasteiger partial charge >= 0.3 is 12.1 Å². The summed E-state index contributed by atoms with van der Waals surface area (Å²) in [5.74, 6) is 2.10. The molecule has 3 saturated heterocycles. The van der Waals surface area contributed by atoms with Crippen molar-refractivity contribution in [3.05, 3.63) is 120 Å². The number of amides is 5. The maximum atomic E-state index is 12.4. The van der Waals surface area contributed by atoms with Gasteiger partial charge in [-0.25, -0.2) is 9.59 Å². The molecule has 0 saturated carbocycles. The highest BCUT2D eigenvalue weighted by Crippen LogP contribution is 2.29. The largest absolute Gasteiger partial charge is 0.444 e. The van der Waals surface area contributed by atoms with Gasteiger partial charge in [0.15, 0.2) is 0 Å². The number of nitrogens with zero attached hydrogens (tertiary/aromatic N) is 7. The van der Waals surface area contributed by atoms with E-state index in [0.29, 0.717) is 17.3 Å². The first-order valence-corrected chi connectivity index (χ1v) is 25.5. The third kappa shape index (κ3) is 18.9. The van der Waals surface area contributed by atoms with Crippen LogP contribution in [0.4, 0.5) is 21.0 Å². The number of carbonyl (C=O) groups is 4. The monoisotopic (exact) mass is 977 g/mol. The van der Waals surface area contributed by atoms with E-state index in [1.165, 1.54) is 49.4 Å². The molecule has 0 spiro atoms. The van der Waals surface area contributed by atoms with E-state index in [-0.39, 0.29) is 31.0 Å². The number of nitrogens with two attached hydrogens (primary N) is 4. The summed E-state index contributed by atoms with van der Waals surface area (Å²) in [5, 5.41) is 2.72. The lowest BCUT2D eigenvalue weighted by Crippen LogP contribution is -2.45. The average molecular weight is 977 g/mol. The van der Waals surface area contributed by atoms with Crippen LogP contribution < -0.4 is 33.2 Å². The zero-order valence-electron chi connectivity index (χ0n) is 42.2. The number of para-hydroxylation sites is 2. The van der Waals surface area contributed by atoms with Crippen molar-refractivity contribution in [1.82, 2.24) is 29.6 Å². The van der Waals surface area contributed by atoms with E-state index >= 15 is 0 Å². The van der Waals surface area contributed by atoms with Gasteiger partial charge in [-0.15, -0.1) is 0 Å². The second-order valence-electron chi connectivity index (χ2n) is 19.0. The van der Waals surface area contributed by atoms with E-state index < -0.39 is 12.1 Å². The Morgan fingerprint density at radius 3 is 1.72 bits per heavy atom. The second kappa shape index (κ2) is 30.7. The van der Waals surface area contributed by atoms with Crippen molar-refractivity contribution in [3.63, 3.8) is 0 Å². The highest BCUT2D eigenvalue weighted by Gasteiger charge is 2.30. The van der Waals surface area contributed by atoms with E-state index in [9.17, 15) is 19.2 Å². The number of fused-ring (bicyclic) bond motifs is 1. The molecule has 4 aliphatic rings. The van der Waals surface area contributed by atoms with E-state index in [1.54, 1.807) is 67.8 Å². The lowest BCUT2D eigenvalue weighted by atomic mass is 9.93. The zero-order valence-corrected chi connectivity index (χ0v) is 42.2. The van der Waals surface area contributed by atoms with Crippen LogP contribution in [0, 0.1) is 17.8 Å². The van der Waals surface area contributed by atoms with Gasteiger partial charge in [0.2, 0.25) is 5.91 Å². The molecule has 8 rings (SSSR count). The number of anilines is 2. The Labute approximate surface area is 421 Å². The fraction of sp³-hybridized carbons (Fsp3) is 0.519. The zero-order chi connectivity index (χ0) is 50.8. The minimum absolute atomic E-state index is 0.0659. The lowest BCUT2D eigenvalue weighted by molar-refractivity contribution is -0.117. The number of urea groups is 1. The summed E-state index contributed by atoms with van der Waals surface area (Å²) < 4.78 is 5.36. The number of ether oxygens (including phenoxy) is 1. The van der Waals surface area contributed by atoms with Crippen LogP contribution in [0.5, 0.6) is 0 Å². The standard InChI is InChI=1S/C17H17N3O3.C14H23N3.C13H19N3O.C10H21N3O/c18-13-10-20(15-9-5-4-8-14(15)19-16(13)21)17(22)23-11-12-6-2-1-3-7-12;15-7-1-13-4-10-17(11-5-13)12-6-14-2-8-16-9-3-14;14-6-1-11-4-9-16(10-5-11)13(17)12-2-7-15-8-3-12;1-12(2)10(14)13-7-4-9(3-6-11)5-8-13/h1-9,13H,10-11,18H2,(H,19,21);2-3,8-9,13H,1,4-7,10-12,15H2;2-3,7-8,11H,1,4-6,9-10,14H2;9H,3-8,11H2,1-2H3. The molecule has 4 aliphatic heterocycles. The van der Waals surface area contributed by atoms with Gasteiger partial charge in [-0.1, -0.05) is 42.5 Å². The SMILES string of the molecule is CN(C)C(=O)N1CCC(CCN)CC1.NC1CN(C(=O)OCc2ccccc2)c2ccccc2NC1=O.NCCC1CCN(C(=O)c2ccncc2)CC1.NCCC1CCN(CCc2ccncc2)CC1. The van der Waals surface area contributed by atoms with Crippen LogP contribution in [0.1, 0.15) is 79.3 Å². The van der Waals surface area contributed by atoms with Crippen LogP contribution in [0.25, 0.3) is 0 Å². The van der Waals surface area contributed by atoms with E-state index in [0.717, 1.165) is 114 Å². The van der Waals surface area contributed by atoms with Gasteiger partial charge in [0.05, 0.1) is 17.9 Å². The molecule has 1 unspecified atom stereocenters. The van der Waals surface area contributed by atoms with Crippen LogP contribution in [-0.2, 0) is 22.6 Å². The molecule has 0 radical (unpaired) electrons. The first-order chi connectivity index (χ1) is 34.5. The number of piperidine rings is 3. The number of rotatable bonds is 12. The second-order valence-corrected chi connectivity index (χ2v) is 19.0. The molecule has 2 aromatic carbocycles. The highest BCUT2D eigenvalue weighted by molar-refractivity contribution is 6.04.